The van der Waals surface area contributed by atoms with Gasteiger partial charge in [-0.1, -0.05) is 18.5 Å². The van der Waals surface area contributed by atoms with E-state index in [0.29, 0.717) is 10.6 Å². The second-order valence-electron chi connectivity index (χ2n) is 5.61. The summed E-state index contributed by atoms with van der Waals surface area (Å²) in [6, 6.07) is 3.22. The first-order chi connectivity index (χ1) is 12.5. The first-order valence-corrected chi connectivity index (χ1v) is 9.54. The average molecular weight is 421 g/mol. The maximum absolute atomic E-state index is 13.1. The second-order valence-corrected chi connectivity index (χ2v) is 8.24. The largest absolute Gasteiger partial charge is 0.431 e. The van der Waals surface area contributed by atoms with E-state index >= 15 is 0 Å². The topological polar surface area (TPSA) is 86.3 Å². The molecule has 0 N–H and O–H groups in total. The van der Waals surface area contributed by atoms with Gasteiger partial charge in [0.25, 0.3) is 0 Å². The molecule has 0 saturated heterocycles. The minimum Gasteiger partial charge on any atom is -0.292 e. The monoisotopic (exact) mass is 420 g/mol. The van der Waals surface area contributed by atoms with Crippen LogP contribution < -0.4 is 5.69 Å². The Hall–Kier alpha value is -2.40. The normalized spacial score (nSPS) is 12.7. The predicted molar refractivity (Wildman–Crippen MR) is 91.4 cm³/mol. The minimum atomic E-state index is -4.76. The van der Waals surface area contributed by atoms with E-state index in [1.54, 1.807) is 0 Å². The molecule has 0 saturated carbocycles. The number of halogens is 4. The quantitative estimate of drug-likeness (QED) is 0.608. The number of imidazole rings is 1. The van der Waals surface area contributed by atoms with E-state index in [-0.39, 0.29) is 32.8 Å². The van der Waals surface area contributed by atoms with Crippen molar-refractivity contribution in [3.05, 3.63) is 45.7 Å². The minimum absolute atomic E-state index is 0.0269. The van der Waals surface area contributed by atoms with Crippen molar-refractivity contribution in [2.75, 3.05) is 5.75 Å². The van der Waals surface area contributed by atoms with Gasteiger partial charge in [-0.15, -0.1) is 0 Å². The summed E-state index contributed by atoms with van der Waals surface area (Å²) < 4.78 is 65.2. The van der Waals surface area contributed by atoms with Crippen LogP contribution in [0, 0.1) is 0 Å². The van der Waals surface area contributed by atoms with Gasteiger partial charge in [0.1, 0.15) is 27.9 Å². The van der Waals surface area contributed by atoms with E-state index in [0.717, 1.165) is 17.6 Å². The number of sulfone groups is 1. The molecule has 12 heteroatoms. The Morgan fingerprint density at radius 1 is 1.22 bits per heavy atom. The molecule has 3 aromatic heterocycles. The lowest BCUT2D eigenvalue weighted by molar-refractivity contribution is -0.143. The van der Waals surface area contributed by atoms with Crippen molar-refractivity contribution in [2.24, 2.45) is 7.05 Å². The Balaban J connectivity index is 2.34. The Kier molecular flexibility index (Phi) is 4.55. The SMILES string of the molecule is CCS(=O)(=O)c1ccc(Cl)nc1-c1cn2c(=O)n(C)c(C(F)(F)F)cc2n1. The number of aromatic nitrogens is 4. The molecule has 144 valence electrons. The van der Waals surface area contributed by atoms with E-state index in [1.165, 1.54) is 19.1 Å². The molecular formula is C15H12ClF3N4O3S. The highest BCUT2D eigenvalue weighted by Crippen LogP contribution is 2.30. The zero-order valence-electron chi connectivity index (χ0n) is 14.0. The summed E-state index contributed by atoms with van der Waals surface area (Å²) in [6.45, 7) is 1.43. The maximum Gasteiger partial charge on any atom is 0.431 e. The molecule has 0 aliphatic carbocycles. The van der Waals surface area contributed by atoms with Gasteiger partial charge in [0.15, 0.2) is 9.84 Å². The van der Waals surface area contributed by atoms with Gasteiger partial charge in [-0.2, -0.15) is 13.2 Å². The molecule has 3 rings (SSSR count). The summed E-state index contributed by atoms with van der Waals surface area (Å²) >= 11 is 5.85. The molecular weight excluding hydrogens is 409 g/mol. The number of hydrogen-bond donors (Lipinski definition) is 0. The fraction of sp³-hybridized carbons (Fsp3) is 0.267. The molecule has 0 aliphatic rings. The van der Waals surface area contributed by atoms with Crippen LogP contribution in [0.5, 0.6) is 0 Å². The highest BCUT2D eigenvalue weighted by atomic mass is 35.5. The van der Waals surface area contributed by atoms with Crippen LogP contribution in [0.3, 0.4) is 0 Å². The van der Waals surface area contributed by atoms with E-state index < -0.39 is 27.4 Å². The Morgan fingerprint density at radius 3 is 2.48 bits per heavy atom. The molecule has 3 heterocycles. The fourth-order valence-electron chi connectivity index (χ4n) is 2.53. The van der Waals surface area contributed by atoms with Gasteiger partial charge in [0.2, 0.25) is 0 Å². The highest BCUT2D eigenvalue weighted by Gasteiger charge is 2.35. The summed E-state index contributed by atoms with van der Waals surface area (Å²) in [6.07, 6.45) is -3.63. The van der Waals surface area contributed by atoms with Crippen LogP contribution in [-0.2, 0) is 23.1 Å². The Bertz CT molecular complexity index is 1220. The molecule has 0 amide bonds. The van der Waals surface area contributed by atoms with Gasteiger partial charge in [-0.05, 0) is 12.1 Å². The zero-order chi connectivity index (χ0) is 20.1. The number of alkyl halides is 3. The van der Waals surface area contributed by atoms with Crippen LogP contribution >= 0.6 is 11.6 Å². The number of hydrogen-bond acceptors (Lipinski definition) is 5. The molecule has 0 fully saturated rings. The first kappa shape index (κ1) is 19.4. The number of rotatable bonds is 3. The fourth-order valence-corrected chi connectivity index (χ4v) is 3.71. The average Bonchev–Trinajstić information content (AvgIpc) is 3.01. The summed E-state index contributed by atoms with van der Waals surface area (Å²) in [5.74, 6) is -0.226. The van der Waals surface area contributed by atoms with Crippen molar-refractivity contribution in [1.82, 2.24) is 18.9 Å². The molecule has 3 aromatic rings. The third kappa shape index (κ3) is 3.32. The van der Waals surface area contributed by atoms with Gasteiger partial charge >= 0.3 is 11.9 Å². The lowest BCUT2D eigenvalue weighted by Crippen LogP contribution is -2.29. The third-order valence-corrected chi connectivity index (χ3v) is 5.90. The number of fused-ring (bicyclic) bond motifs is 1. The van der Waals surface area contributed by atoms with Crippen LogP contribution in [0.4, 0.5) is 13.2 Å². The third-order valence-electron chi connectivity index (χ3n) is 3.93. The molecule has 0 aromatic carbocycles. The van der Waals surface area contributed by atoms with Gasteiger partial charge in [0.05, 0.1) is 10.6 Å². The molecule has 0 unspecified atom stereocenters. The van der Waals surface area contributed by atoms with E-state index in [4.69, 9.17) is 11.6 Å². The molecule has 0 aliphatic heterocycles. The smallest absolute Gasteiger partial charge is 0.292 e. The lowest BCUT2D eigenvalue weighted by Gasteiger charge is -2.11. The summed E-state index contributed by atoms with van der Waals surface area (Å²) in [4.78, 5) is 20.0. The van der Waals surface area contributed by atoms with Crippen LogP contribution in [0.2, 0.25) is 5.15 Å². The summed E-state index contributed by atoms with van der Waals surface area (Å²) in [7, 11) is -2.73. The summed E-state index contributed by atoms with van der Waals surface area (Å²) in [5.41, 5.74) is -2.68. The maximum atomic E-state index is 13.1. The summed E-state index contributed by atoms with van der Waals surface area (Å²) in [5, 5.41) is -0.0269. The highest BCUT2D eigenvalue weighted by molar-refractivity contribution is 7.91. The number of pyridine rings is 1. The van der Waals surface area contributed by atoms with Crippen LogP contribution in [-0.4, -0.2) is 33.1 Å². The first-order valence-electron chi connectivity index (χ1n) is 7.51. The predicted octanol–water partition coefficient (Wildman–Crippen LogP) is 2.56. The van der Waals surface area contributed by atoms with Crippen molar-refractivity contribution in [3.63, 3.8) is 0 Å². The van der Waals surface area contributed by atoms with Gasteiger partial charge in [-0.3, -0.25) is 8.97 Å². The lowest BCUT2D eigenvalue weighted by atomic mass is 10.3. The Morgan fingerprint density at radius 2 is 1.89 bits per heavy atom. The molecule has 0 atom stereocenters. The zero-order valence-corrected chi connectivity index (χ0v) is 15.5. The van der Waals surface area contributed by atoms with Gasteiger partial charge in [0, 0.05) is 19.3 Å². The standard InChI is InChI=1S/C15H12ClF3N4O3S/c1-3-27(25,26)9-4-5-11(16)21-13(9)8-7-23-12(20-8)6-10(15(17,18)19)22(2)14(23)24/h4-7H,3H2,1-2H3. The van der Waals surface area contributed by atoms with Gasteiger partial charge in [-0.25, -0.2) is 23.2 Å². The molecule has 27 heavy (non-hydrogen) atoms. The molecule has 0 spiro atoms. The van der Waals surface area contributed by atoms with Crippen LogP contribution in [0.1, 0.15) is 12.6 Å². The van der Waals surface area contributed by atoms with E-state index in [9.17, 15) is 26.4 Å². The second kappa shape index (κ2) is 6.34. The molecule has 0 bridgehead atoms. The van der Waals surface area contributed by atoms with E-state index in [1.807, 2.05) is 0 Å². The van der Waals surface area contributed by atoms with Crippen molar-refractivity contribution in [1.29, 1.82) is 0 Å². The van der Waals surface area contributed by atoms with E-state index in [2.05, 4.69) is 9.97 Å². The van der Waals surface area contributed by atoms with Crippen molar-refractivity contribution in [2.45, 2.75) is 18.0 Å². The van der Waals surface area contributed by atoms with Crippen molar-refractivity contribution in [3.8, 4) is 11.4 Å². The van der Waals surface area contributed by atoms with Crippen LogP contribution in [0.15, 0.2) is 34.1 Å². The van der Waals surface area contributed by atoms with Crippen molar-refractivity contribution < 1.29 is 21.6 Å². The van der Waals surface area contributed by atoms with Gasteiger partial charge < -0.3 is 0 Å². The van der Waals surface area contributed by atoms with Crippen LogP contribution in [0.25, 0.3) is 17.0 Å². The molecule has 7 nitrogen and oxygen atoms in total. The van der Waals surface area contributed by atoms with Crippen molar-refractivity contribution >= 4 is 27.1 Å². The number of nitrogens with zero attached hydrogens (tertiary/aromatic N) is 4. The Labute approximate surface area is 156 Å². The molecule has 0 radical (unpaired) electrons.